The molecule has 0 atom stereocenters. The maximum atomic E-state index is 10.5. The third-order valence-electron chi connectivity index (χ3n) is 2.04. The summed E-state index contributed by atoms with van der Waals surface area (Å²) in [5.41, 5.74) is 1.25. The maximum absolute atomic E-state index is 10.5. The fourth-order valence-electron chi connectivity index (χ4n) is 1.29. The zero-order valence-electron chi connectivity index (χ0n) is 10.8. The Morgan fingerprint density at radius 3 is 2.59 bits per heavy atom. The summed E-state index contributed by atoms with van der Waals surface area (Å²) in [6.45, 7) is 8.81. The van der Waals surface area contributed by atoms with Gasteiger partial charge in [-0.3, -0.25) is 4.79 Å². The van der Waals surface area contributed by atoms with Crippen LogP contribution < -0.4 is 4.74 Å². The predicted octanol–water partition coefficient (Wildman–Crippen LogP) is 2.40. The number of hydrogen-bond acceptors (Lipinski definition) is 4. The summed E-state index contributed by atoms with van der Waals surface area (Å²) in [6, 6.07) is 1.75. The third kappa shape index (κ3) is 4.95. The molecule has 0 fully saturated rings. The molecule has 0 aromatic carbocycles. The van der Waals surface area contributed by atoms with Crippen molar-refractivity contribution in [3.8, 4) is 5.88 Å². The lowest BCUT2D eigenvalue weighted by atomic mass is 10.2. The van der Waals surface area contributed by atoms with E-state index in [9.17, 15) is 4.79 Å². The Hall–Kier alpha value is -1.42. The molecule has 4 nitrogen and oxygen atoms in total. The van der Waals surface area contributed by atoms with Crippen LogP contribution >= 0.6 is 0 Å². The average molecular weight is 237 g/mol. The molecule has 0 aliphatic rings. The molecule has 1 aromatic rings. The van der Waals surface area contributed by atoms with Crippen LogP contribution in [-0.4, -0.2) is 30.1 Å². The van der Waals surface area contributed by atoms with Gasteiger partial charge in [-0.2, -0.15) is 0 Å². The molecule has 1 heterocycles. The molecule has 0 amide bonds. The average Bonchev–Trinajstić information content (AvgIpc) is 2.24. The first-order valence-corrected chi connectivity index (χ1v) is 5.61. The lowest BCUT2D eigenvalue weighted by molar-refractivity contribution is -0.0168. The molecule has 1 rings (SSSR count). The van der Waals surface area contributed by atoms with Gasteiger partial charge in [0, 0.05) is 17.3 Å². The zero-order valence-corrected chi connectivity index (χ0v) is 10.8. The number of nitrogens with zero attached hydrogens (tertiary/aromatic N) is 1. The van der Waals surface area contributed by atoms with Gasteiger partial charge < -0.3 is 9.47 Å². The summed E-state index contributed by atoms with van der Waals surface area (Å²) in [5, 5.41) is 0. The molecule has 0 spiro atoms. The fraction of sp³-hybridized carbons (Fsp3) is 0.538. The minimum atomic E-state index is -0.160. The van der Waals surface area contributed by atoms with Crippen LogP contribution in [0.2, 0.25) is 0 Å². The predicted molar refractivity (Wildman–Crippen MR) is 65.6 cm³/mol. The maximum Gasteiger partial charge on any atom is 0.216 e. The highest BCUT2D eigenvalue weighted by Gasteiger charge is 2.09. The van der Waals surface area contributed by atoms with Crippen molar-refractivity contribution in [1.82, 2.24) is 4.98 Å². The van der Waals surface area contributed by atoms with Crippen LogP contribution in [0.4, 0.5) is 0 Å². The molecule has 0 radical (unpaired) electrons. The van der Waals surface area contributed by atoms with Crippen molar-refractivity contribution >= 4 is 6.29 Å². The van der Waals surface area contributed by atoms with E-state index in [2.05, 4.69) is 4.98 Å². The number of aromatic nitrogens is 1. The highest BCUT2D eigenvalue weighted by Crippen LogP contribution is 2.14. The van der Waals surface area contributed by atoms with Gasteiger partial charge in [-0.05, 0) is 33.8 Å². The molecule has 0 bridgehead atoms. The van der Waals surface area contributed by atoms with Crippen LogP contribution in [0, 0.1) is 6.92 Å². The third-order valence-corrected chi connectivity index (χ3v) is 2.04. The van der Waals surface area contributed by atoms with Gasteiger partial charge in [0.2, 0.25) is 5.88 Å². The van der Waals surface area contributed by atoms with Crippen molar-refractivity contribution in [2.75, 3.05) is 13.2 Å². The summed E-state index contributed by atoms with van der Waals surface area (Å²) in [6.07, 6.45) is 2.27. The van der Waals surface area contributed by atoms with Gasteiger partial charge in [0.1, 0.15) is 6.61 Å². The molecule has 0 saturated carbocycles. The first-order chi connectivity index (χ1) is 7.92. The first kappa shape index (κ1) is 13.6. The van der Waals surface area contributed by atoms with Crippen molar-refractivity contribution in [3.05, 3.63) is 23.4 Å². The van der Waals surface area contributed by atoms with Crippen LogP contribution in [0.15, 0.2) is 12.3 Å². The molecular formula is C13H19NO3. The number of aldehydes is 1. The lowest BCUT2D eigenvalue weighted by Gasteiger charge is -2.19. The Kier molecular flexibility index (Phi) is 4.63. The van der Waals surface area contributed by atoms with E-state index in [0.29, 0.717) is 24.7 Å². The molecule has 1 aromatic heterocycles. The number of aryl methyl sites for hydroxylation is 1. The van der Waals surface area contributed by atoms with Gasteiger partial charge in [0.25, 0.3) is 0 Å². The number of hydrogen-bond donors (Lipinski definition) is 0. The minimum absolute atomic E-state index is 0.160. The smallest absolute Gasteiger partial charge is 0.216 e. The summed E-state index contributed by atoms with van der Waals surface area (Å²) >= 11 is 0. The van der Waals surface area contributed by atoms with Crippen molar-refractivity contribution in [3.63, 3.8) is 0 Å². The topological polar surface area (TPSA) is 48.4 Å². The van der Waals surface area contributed by atoms with Crippen molar-refractivity contribution < 1.29 is 14.3 Å². The second kappa shape index (κ2) is 5.77. The summed E-state index contributed by atoms with van der Waals surface area (Å²) in [5.74, 6) is 0.549. The van der Waals surface area contributed by atoms with E-state index in [0.717, 1.165) is 11.8 Å². The van der Waals surface area contributed by atoms with E-state index in [1.54, 1.807) is 6.07 Å². The van der Waals surface area contributed by atoms with Gasteiger partial charge in [0.05, 0.1) is 12.2 Å². The van der Waals surface area contributed by atoms with Gasteiger partial charge in [-0.15, -0.1) is 0 Å². The van der Waals surface area contributed by atoms with E-state index in [1.165, 1.54) is 6.20 Å². The molecule has 94 valence electrons. The Morgan fingerprint density at radius 2 is 2.06 bits per heavy atom. The number of carbonyl (C=O) groups is 1. The molecule has 0 N–H and O–H groups in total. The van der Waals surface area contributed by atoms with Gasteiger partial charge >= 0.3 is 0 Å². The second-order valence-electron chi connectivity index (χ2n) is 4.82. The normalized spacial score (nSPS) is 11.3. The van der Waals surface area contributed by atoms with Gasteiger partial charge in [-0.1, -0.05) is 0 Å². The van der Waals surface area contributed by atoms with E-state index in [4.69, 9.17) is 9.47 Å². The van der Waals surface area contributed by atoms with E-state index < -0.39 is 0 Å². The molecule has 0 aliphatic heterocycles. The fourth-order valence-corrected chi connectivity index (χ4v) is 1.29. The largest absolute Gasteiger partial charge is 0.475 e. The SMILES string of the molecule is Cc1cc(C=O)cnc1OCCOC(C)(C)C. The monoisotopic (exact) mass is 237 g/mol. The van der Waals surface area contributed by atoms with E-state index in [-0.39, 0.29) is 5.60 Å². The Bertz CT molecular complexity index is 383. The molecule has 0 saturated heterocycles. The van der Waals surface area contributed by atoms with Crippen LogP contribution in [-0.2, 0) is 4.74 Å². The molecular weight excluding hydrogens is 218 g/mol. The standard InChI is InChI=1S/C13H19NO3/c1-10-7-11(9-15)8-14-12(10)16-5-6-17-13(2,3)4/h7-9H,5-6H2,1-4H3. The number of ether oxygens (including phenoxy) is 2. The number of rotatable bonds is 5. The van der Waals surface area contributed by atoms with Crippen molar-refractivity contribution in [2.45, 2.75) is 33.3 Å². The summed E-state index contributed by atoms with van der Waals surface area (Å²) in [4.78, 5) is 14.6. The van der Waals surface area contributed by atoms with E-state index in [1.807, 2.05) is 27.7 Å². The van der Waals surface area contributed by atoms with Crippen molar-refractivity contribution in [1.29, 1.82) is 0 Å². The molecule has 0 unspecified atom stereocenters. The van der Waals surface area contributed by atoms with Crippen LogP contribution in [0.3, 0.4) is 0 Å². The molecule has 4 heteroatoms. The second-order valence-corrected chi connectivity index (χ2v) is 4.82. The zero-order chi connectivity index (χ0) is 12.9. The highest BCUT2D eigenvalue weighted by atomic mass is 16.5. The van der Waals surface area contributed by atoms with Crippen LogP contribution in [0.5, 0.6) is 5.88 Å². The summed E-state index contributed by atoms with van der Waals surface area (Å²) in [7, 11) is 0. The quantitative estimate of drug-likeness (QED) is 0.583. The Labute approximate surface area is 102 Å². The Balaban J connectivity index is 2.44. The summed E-state index contributed by atoms with van der Waals surface area (Å²) < 4.78 is 11.0. The van der Waals surface area contributed by atoms with Crippen molar-refractivity contribution in [2.24, 2.45) is 0 Å². The van der Waals surface area contributed by atoms with Gasteiger partial charge in [0.15, 0.2) is 6.29 Å². The van der Waals surface area contributed by atoms with Gasteiger partial charge in [-0.25, -0.2) is 4.98 Å². The number of carbonyl (C=O) groups excluding carboxylic acids is 1. The van der Waals surface area contributed by atoms with E-state index >= 15 is 0 Å². The molecule has 17 heavy (non-hydrogen) atoms. The first-order valence-electron chi connectivity index (χ1n) is 5.61. The van der Waals surface area contributed by atoms with Crippen LogP contribution in [0.25, 0.3) is 0 Å². The number of pyridine rings is 1. The lowest BCUT2D eigenvalue weighted by Crippen LogP contribution is -2.22. The molecule has 0 aliphatic carbocycles. The van der Waals surface area contributed by atoms with Crippen LogP contribution in [0.1, 0.15) is 36.7 Å². The highest BCUT2D eigenvalue weighted by molar-refractivity contribution is 5.74. The minimum Gasteiger partial charge on any atom is -0.475 e. The Morgan fingerprint density at radius 1 is 1.35 bits per heavy atom.